The first kappa shape index (κ1) is 17.9. The van der Waals surface area contributed by atoms with Gasteiger partial charge in [0.2, 0.25) is 0 Å². The van der Waals surface area contributed by atoms with Gasteiger partial charge in [-0.2, -0.15) is 0 Å². The Bertz CT molecular complexity index is 553. The zero-order valence-corrected chi connectivity index (χ0v) is 12.6. The summed E-state index contributed by atoms with van der Waals surface area (Å²) in [6.45, 7) is 4.58. The van der Waals surface area contributed by atoms with Crippen LogP contribution in [-0.4, -0.2) is 24.8 Å². The van der Waals surface area contributed by atoms with Crippen LogP contribution < -0.4 is 10.1 Å². The molecular weight excluding hydrogens is 299 g/mol. The second-order valence-corrected chi connectivity index (χ2v) is 5.40. The van der Waals surface area contributed by atoms with E-state index >= 15 is 0 Å². The first-order chi connectivity index (χ1) is 10.2. The maximum atomic E-state index is 13.4. The van der Waals surface area contributed by atoms with Crippen molar-refractivity contribution in [3.63, 3.8) is 0 Å². The molecule has 0 radical (unpaired) electrons. The van der Waals surface area contributed by atoms with Gasteiger partial charge in [-0.3, -0.25) is 0 Å². The third kappa shape index (κ3) is 7.01. The Morgan fingerprint density at radius 3 is 2.55 bits per heavy atom. The number of amides is 1. The van der Waals surface area contributed by atoms with Gasteiger partial charge in [0, 0.05) is 12.6 Å². The van der Waals surface area contributed by atoms with Crippen molar-refractivity contribution in [3.8, 4) is 5.75 Å². The van der Waals surface area contributed by atoms with Crippen molar-refractivity contribution in [3.05, 3.63) is 41.7 Å². The van der Waals surface area contributed by atoms with E-state index in [0.717, 1.165) is 18.2 Å². The number of hydrogen-bond donors (Lipinski definition) is 1. The second kappa shape index (κ2) is 7.72. The van der Waals surface area contributed by atoms with E-state index in [-0.39, 0.29) is 12.3 Å². The molecule has 1 rings (SSSR count). The molecule has 0 atom stereocenters. The van der Waals surface area contributed by atoms with Gasteiger partial charge in [0.15, 0.2) is 11.6 Å². The first-order valence-electron chi connectivity index (χ1n) is 6.56. The number of nitrogens with one attached hydrogen (secondary N) is 1. The Morgan fingerprint density at radius 2 is 1.95 bits per heavy atom. The number of rotatable bonds is 5. The van der Waals surface area contributed by atoms with Gasteiger partial charge in [-0.1, -0.05) is 0 Å². The Labute approximate surface area is 126 Å². The highest BCUT2D eigenvalue weighted by Crippen LogP contribution is 2.16. The largest absolute Gasteiger partial charge is 0.486 e. The summed E-state index contributed by atoms with van der Waals surface area (Å²) >= 11 is 0. The van der Waals surface area contributed by atoms with E-state index in [1.165, 1.54) is 6.07 Å². The highest BCUT2D eigenvalue weighted by atomic mass is 19.2. The van der Waals surface area contributed by atoms with Crippen LogP contribution in [0.3, 0.4) is 0 Å². The van der Waals surface area contributed by atoms with E-state index in [0.29, 0.717) is 0 Å². The molecule has 0 saturated heterocycles. The molecular formula is C15H18F3NO3. The van der Waals surface area contributed by atoms with Gasteiger partial charge in [-0.25, -0.2) is 18.0 Å². The fraction of sp³-hybridized carbons (Fsp3) is 0.400. The lowest BCUT2D eigenvalue weighted by Gasteiger charge is -2.19. The average molecular weight is 317 g/mol. The third-order valence-corrected chi connectivity index (χ3v) is 2.24. The Morgan fingerprint density at radius 1 is 1.27 bits per heavy atom. The molecule has 1 aromatic rings. The molecule has 1 amide bonds. The molecule has 0 aliphatic carbocycles. The van der Waals surface area contributed by atoms with Crippen molar-refractivity contribution >= 4 is 6.09 Å². The number of benzene rings is 1. The second-order valence-electron chi connectivity index (χ2n) is 5.40. The summed E-state index contributed by atoms with van der Waals surface area (Å²) in [5.41, 5.74) is -0.637. The summed E-state index contributed by atoms with van der Waals surface area (Å²) in [4.78, 5) is 11.3. The molecule has 0 aliphatic rings. The van der Waals surface area contributed by atoms with Crippen molar-refractivity contribution in [2.24, 2.45) is 0 Å². The van der Waals surface area contributed by atoms with E-state index in [1.54, 1.807) is 20.8 Å². The van der Waals surface area contributed by atoms with Crippen molar-refractivity contribution in [2.45, 2.75) is 26.4 Å². The predicted molar refractivity (Wildman–Crippen MR) is 75.3 cm³/mol. The SMILES string of the molecule is CC(C)(C)OC(=O)NC/C=C(/F)COc1ccc(F)c(F)c1. The van der Waals surface area contributed by atoms with Gasteiger partial charge in [-0.15, -0.1) is 0 Å². The Kier molecular flexibility index (Phi) is 6.27. The summed E-state index contributed by atoms with van der Waals surface area (Å²) in [5, 5.41) is 2.34. The summed E-state index contributed by atoms with van der Waals surface area (Å²) in [6, 6.07) is 2.89. The van der Waals surface area contributed by atoms with Crippen LogP contribution in [0.4, 0.5) is 18.0 Å². The van der Waals surface area contributed by atoms with Gasteiger partial charge >= 0.3 is 6.09 Å². The molecule has 0 saturated carbocycles. The smallest absolute Gasteiger partial charge is 0.407 e. The summed E-state index contributed by atoms with van der Waals surface area (Å²) in [5.74, 6) is -2.75. The van der Waals surface area contributed by atoms with Crippen LogP contribution >= 0.6 is 0 Å². The maximum Gasteiger partial charge on any atom is 0.407 e. The molecule has 7 heteroatoms. The van der Waals surface area contributed by atoms with Gasteiger partial charge in [0.1, 0.15) is 23.8 Å². The lowest BCUT2D eigenvalue weighted by Crippen LogP contribution is -2.32. The van der Waals surface area contributed by atoms with Crippen LogP contribution in [0.2, 0.25) is 0 Å². The highest BCUT2D eigenvalue weighted by Gasteiger charge is 2.15. The summed E-state index contributed by atoms with van der Waals surface area (Å²) in [7, 11) is 0. The van der Waals surface area contributed by atoms with Gasteiger partial charge in [0.25, 0.3) is 0 Å². The quantitative estimate of drug-likeness (QED) is 0.900. The highest BCUT2D eigenvalue weighted by molar-refractivity contribution is 5.67. The Hall–Kier alpha value is -2.18. The van der Waals surface area contributed by atoms with Crippen LogP contribution in [0.1, 0.15) is 20.8 Å². The molecule has 0 bridgehead atoms. The monoisotopic (exact) mass is 317 g/mol. The molecule has 4 nitrogen and oxygen atoms in total. The zero-order chi connectivity index (χ0) is 16.8. The van der Waals surface area contributed by atoms with Crippen molar-refractivity contribution < 1.29 is 27.4 Å². The number of halogens is 3. The minimum Gasteiger partial charge on any atom is -0.486 e. The number of ether oxygens (including phenoxy) is 2. The predicted octanol–water partition coefficient (Wildman–Crippen LogP) is 3.72. The third-order valence-electron chi connectivity index (χ3n) is 2.24. The van der Waals surface area contributed by atoms with Crippen molar-refractivity contribution in [1.29, 1.82) is 0 Å². The number of carbonyl (C=O) groups is 1. The van der Waals surface area contributed by atoms with E-state index in [4.69, 9.17) is 9.47 Å². The lowest BCUT2D eigenvalue weighted by molar-refractivity contribution is 0.0534. The molecule has 0 spiro atoms. The van der Waals surface area contributed by atoms with Crippen LogP contribution in [-0.2, 0) is 4.74 Å². The lowest BCUT2D eigenvalue weighted by atomic mass is 10.2. The van der Waals surface area contributed by atoms with Crippen LogP contribution in [0.15, 0.2) is 30.1 Å². The van der Waals surface area contributed by atoms with Crippen LogP contribution in [0.5, 0.6) is 5.75 Å². The molecule has 0 aliphatic heterocycles. The van der Waals surface area contributed by atoms with E-state index < -0.39 is 35.8 Å². The van der Waals surface area contributed by atoms with Gasteiger partial charge in [0.05, 0.1) is 0 Å². The fourth-order valence-electron chi connectivity index (χ4n) is 1.34. The van der Waals surface area contributed by atoms with E-state index in [1.807, 2.05) is 0 Å². The topological polar surface area (TPSA) is 47.6 Å². The summed E-state index contributed by atoms with van der Waals surface area (Å²) in [6.07, 6.45) is 0.419. The standard InChI is InChI=1S/C15H18F3NO3/c1-15(2,3)22-14(20)19-7-6-10(16)9-21-11-4-5-12(17)13(18)8-11/h4-6,8H,7,9H2,1-3H3,(H,19,20)/b10-6+. The molecule has 0 heterocycles. The molecule has 122 valence electrons. The van der Waals surface area contributed by atoms with Crippen molar-refractivity contribution in [1.82, 2.24) is 5.32 Å². The molecule has 0 aromatic heterocycles. The first-order valence-corrected chi connectivity index (χ1v) is 6.56. The van der Waals surface area contributed by atoms with Gasteiger partial charge in [-0.05, 0) is 39.0 Å². The fourth-order valence-corrected chi connectivity index (χ4v) is 1.34. The number of carbonyl (C=O) groups excluding carboxylic acids is 1. The minimum absolute atomic E-state index is 0.00236. The van der Waals surface area contributed by atoms with E-state index in [2.05, 4.69) is 5.32 Å². The van der Waals surface area contributed by atoms with Crippen LogP contribution in [0.25, 0.3) is 0 Å². The molecule has 22 heavy (non-hydrogen) atoms. The maximum absolute atomic E-state index is 13.4. The molecule has 1 N–H and O–H groups in total. The molecule has 1 aromatic carbocycles. The number of hydrogen-bond acceptors (Lipinski definition) is 3. The average Bonchev–Trinajstić information content (AvgIpc) is 2.38. The van der Waals surface area contributed by atoms with Crippen molar-refractivity contribution in [2.75, 3.05) is 13.2 Å². The molecule has 0 unspecified atom stereocenters. The summed E-state index contributed by atoms with van der Waals surface area (Å²) < 4.78 is 48.9. The van der Waals surface area contributed by atoms with Gasteiger partial charge < -0.3 is 14.8 Å². The number of alkyl carbamates (subject to hydrolysis) is 1. The Balaban J connectivity index is 2.37. The zero-order valence-electron chi connectivity index (χ0n) is 12.6. The van der Waals surface area contributed by atoms with Crippen LogP contribution in [0, 0.1) is 11.6 Å². The minimum atomic E-state index is -1.08. The molecule has 0 fully saturated rings. The normalized spacial score (nSPS) is 12.0. The van der Waals surface area contributed by atoms with E-state index in [9.17, 15) is 18.0 Å².